The van der Waals surface area contributed by atoms with Gasteiger partial charge >= 0.3 is 0 Å². The normalized spacial score (nSPS) is 24.4. The van der Waals surface area contributed by atoms with Gasteiger partial charge in [0, 0.05) is 13.1 Å². The van der Waals surface area contributed by atoms with Crippen molar-refractivity contribution in [2.24, 2.45) is 17.6 Å². The first-order chi connectivity index (χ1) is 9.56. The van der Waals surface area contributed by atoms with Crippen molar-refractivity contribution in [2.45, 2.75) is 39.2 Å². The number of carbonyl (C=O) groups excluding carboxylic acids is 1. The number of aryl methyl sites for hydroxylation is 1. The van der Waals surface area contributed by atoms with E-state index in [4.69, 9.17) is 5.73 Å². The Morgan fingerprint density at radius 2 is 1.85 bits per heavy atom. The van der Waals surface area contributed by atoms with Crippen LogP contribution in [-0.2, 0) is 11.2 Å². The molecule has 2 N–H and O–H groups in total. The molecular weight excluding hydrogens is 248 g/mol. The van der Waals surface area contributed by atoms with Crippen LogP contribution in [0.4, 0.5) is 0 Å². The average molecular weight is 274 g/mol. The smallest absolute Gasteiger partial charge is 0.239 e. The first kappa shape index (κ1) is 15.0. The Kier molecular flexibility index (Phi) is 5.18. The molecule has 0 aromatic heterocycles. The maximum absolute atomic E-state index is 12.4. The second-order valence-corrected chi connectivity index (χ2v) is 6.32. The minimum atomic E-state index is -0.368. The lowest BCUT2D eigenvalue weighted by atomic mass is 9.91. The van der Waals surface area contributed by atoms with E-state index in [-0.39, 0.29) is 11.9 Å². The molecule has 110 valence electrons. The Hall–Kier alpha value is -1.35. The average Bonchev–Trinajstić information content (AvgIpc) is 2.44. The first-order valence-corrected chi connectivity index (χ1v) is 7.64. The van der Waals surface area contributed by atoms with Crippen LogP contribution in [0.3, 0.4) is 0 Å². The van der Waals surface area contributed by atoms with E-state index in [1.807, 2.05) is 23.1 Å². The van der Waals surface area contributed by atoms with Crippen molar-refractivity contribution in [3.05, 3.63) is 35.9 Å². The van der Waals surface area contributed by atoms with Crippen LogP contribution in [-0.4, -0.2) is 29.9 Å². The Balaban J connectivity index is 1.85. The summed E-state index contributed by atoms with van der Waals surface area (Å²) in [5.74, 6) is 1.30. The van der Waals surface area contributed by atoms with Crippen molar-refractivity contribution in [3.8, 4) is 0 Å². The van der Waals surface area contributed by atoms with E-state index in [1.54, 1.807) is 0 Å². The summed E-state index contributed by atoms with van der Waals surface area (Å²) in [5.41, 5.74) is 7.34. The molecule has 3 unspecified atom stereocenters. The summed E-state index contributed by atoms with van der Waals surface area (Å²) in [7, 11) is 0. The fraction of sp³-hybridized carbons (Fsp3) is 0.588. The van der Waals surface area contributed by atoms with Crippen molar-refractivity contribution in [2.75, 3.05) is 13.1 Å². The summed E-state index contributed by atoms with van der Waals surface area (Å²) in [6, 6.07) is 9.86. The Morgan fingerprint density at radius 1 is 1.25 bits per heavy atom. The number of amides is 1. The van der Waals surface area contributed by atoms with Crippen molar-refractivity contribution >= 4 is 5.91 Å². The quantitative estimate of drug-likeness (QED) is 0.916. The Morgan fingerprint density at radius 3 is 2.45 bits per heavy atom. The maximum atomic E-state index is 12.4. The summed E-state index contributed by atoms with van der Waals surface area (Å²) in [6.45, 7) is 6.15. The van der Waals surface area contributed by atoms with Crippen molar-refractivity contribution in [1.29, 1.82) is 0 Å². The number of nitrogens with zero attached hydrogens (tertiary/aromatic N) is 1. The molecule has 1 aliphatic heterocycles. The van der Waals surface area contributed by atoms with Gasteiger partial charge in [-0.15, -0.1) is 0 Å². The number of nitrogens with two attached hydrogens (primary N) is 1. The zero-order chi connectivity index (χ0) is 14.5. The minimum Gasteiger partial charge on any atom is -0.341 e. The van der Waals surface area contributed by atoms with E-state index in [2.05, 4.69) is 26.0 Å². The molecular formula is C17H26N2O. The van der Waals surface area contributed by atoms with Gasteiger partial charge in [0.25, 0.3) is 0 Å². The van der Waals surface area contributed by atoms with Crippen LogP contribution in [0.5, 0.6) is 0 Å². The summed E-state index contributed by atoms with van der Waals surface area (Å²) in [4.78, 5) is 14.4. The van der Waals surface area contributed by atoms with Crippen LogP contribution in [0, 0.1) is 11.8 Å². The first-order valence-electron chi connectivity index (χ1n) is 7.64. The molecule has 1 fully saturated rings. The summed E-state index contributed by atoms with van der Waals surface area (Å²) in [5, 5.41) is 0. The van der Waals surface area contributed by atoms with Crippen LogP contribution in [0.15, 0.2) is 30.3 Å². The highest BCUT2D eigenvalue weighted by Gasteiger charge is 2.28. The minimum absolute atomic E-state index is 0.124. The van der Waals surface area contributed by atoms with E-state index in [9.17, 15) is 4.79 Å². The summed E-state index contributed by atoms with van der Waals surface area (Å²) >= 11 is 0. The molecule has 1 saturated heterocycles. The Bertz CT molecular complexity index is 422. The van der Waals surface area contributed by atoms with Gasteiger partial charge in [-0.2, -0.15) is 0 Å². The number of hydrogen-bond donors (Lipinski definition) is 1. The van der Waals surface area contributed by atoms with E-state index in [0.29, 0.717) is 11.8 Å². The molecule has 0 spiro atoms. The number of carbonyl (C=O) groups is 1. The molecule has 0 saturated carbocycles. The van der Waals surface area contributed by atoms with Gasteiger partial charge in [0.2, 0.25) is 5.91 Å². The van der Waals surface area contributed by atoms with Crippen LogP contribution < -0.4 is 5.73 Å². The van der Waals surface area contributed by atoms with E-state index in [0.717, 1.165) is 25.9 Å². The number of hydrogen-bond acceptors (Lipinski definition) is 2. The van der Waals surface area contributed by atoms with Crippen molar-refractivity contribution in [3.63, 3.8) is 0 Å². The van der Waals surface area contributed by atoms with Gasteiger partial charge in [-0.25, -0.2) is 0 Å². The topological polar surface area (TPSA) is 46.3 Å². The molecule has 3 atom stereocenters. The summed E-state index contributed by atoms with van der Waals surface area (Å²) < 4.78 is 0. The van der Waals surface area contributed by atoms with E-state index < -0.39 is 0 Å². The highest BCUT2D eigenvalue weighted by Crippen LogP contribution is 2.21. The van der Waals surface area contributed by atoms with Crippen LogP contribution in [0.1, 0.15) is 32.3 Å². The lowest BCUT2D eigenvalue weighted by Gasteiger charge is -2.36. The number of benzene rings is 1. The molecule has 1 aliphatic rings. The molecule has 1 aromatic rings. The third-order valence-electron chi connectivity index (χ3n) is 4.08. The fourth-order valence-electron chi connectivity index (χ4n) is 3.17. The third kappa shape index (κ3) is 4.07. The van der Waals surface area contributed by atoms with Gasteiger partial charge in [0.15, 0.2) is 0 Å². The molecule has 0 radical (unpaired) electrons. The van der Waals surface area contributed by atoms with Crippen LogP contribution in [0.2, 0.25) is 0 Å². The van der Waals surface area contributed by atoms with Crippen molar-refractivity contribution in [1.82, 2.24) is 4.90 Å². The largest absolute Gasteiger partial charge is 0.341 e. The van der Waals surface area contributed by atoms with E-state index >= 15 is 0 Å². The predicted molar refractivity (Wildman–Crippen MR) is 82.3 cm³/mol. The highest BCUT2D eigenvalue weighted by molar-refractivity contribution is 5.81. The second kappa shape index (κ2) is 6.89. The van der Waals surface area contributed by atoms with Crippen molar-refractivity contribution < 1.29 is 4.79 Å². The fourth-order valence-corrected chi connectivity index (χ4v) is 3.17. The number of rotatable bonds is 4. The molecule has 3 heteroatoms. The van der Waals surface area contributed by atoms with Gasteiger partial charge in [-0.05, 0) is 36.7 Å². The van der Waals surface area contributed by atoms with Gasteiger partial charge in [-0.1, -0.05) is 44.2 Å². The molecule has 2 rings (SSSR count). The standard InChI is InChI=1S/C17H26N2O/c1-13-10-14(2)12-19(11-13)17(20)16(18)9-8-15-6-4-3-5-7-15/h3-7,13-14,16H,8-12,18H2,1-2H3. The van der Waals surface area contributed by atoms with Gasteiger partial charge < -0.3 is 10.6 Å². The molecule has 3 nitrogen and oxygen atoms in total. The molecule has 1 aromatic carbocycles. The molecule has 0 aliphatic carbocycles. The highest BCUT2D eigenvalue weighted by atomic mass is 16.2. The molecule has 1 amide bonds. The number of piperidine rings is 1. The van der Waals surface area contributed by atoms with Gasteiger partial charge in [-0.3, -0.25) is 4.79 Å². The Labute approximate surface area is 122 Å². The van der Waals surface area contributed by atoms with Gasteiger partial charge in [0.1, 0.15) is 0 Å². The summed E-state index contributed by atoms with van der Waals surface area (Å²) in [6.07, 6.45) is 2.80. The molecule has 1 heterocycles. The SMILES string of the molecule is CC1CC(C)CN(C(=O)C(N)CCc2ccccc2)C1. The van der Waals surface area contributed by atoms with Crippen LogP contribution >= 0.6 is 0 Å². The lowest BCUT2D eigenvalue weighted by molar-refractivity contribution is -0.135. The predicted octanol–water partition coefficient (Wildman–Crippen LogP) is 2.45. The monoisotopic (exact) mass is 274 g/mol. The zero-order valence-electron chi connectivity index (χ0n) is 12.6. The molecule has 0 bridgehead atoms. The molecule has 20 heavy (non-hydrogen) atoms. The zero-order valence-corrected chi connectivity index (χ0v) is 12.6. The number of likely N-dealkylation sites (tertiary alicyclic amines) is 1. The van der Waals surface area contributed by atoms with E-state index in [1.165, 1.54) is 12.0 Å². The maximum Gasteiger partial charge on any atom is 0.239 e. The third-order valence-corrected chi connectivity index (χ3v) is 4.08. The lowest BCUT2D eigenvalue weighted by Crippen LogP contribution is -2.49. The second-order valence-electron chi connectivity index (χ2n) is 6.32. The van der Waals surface area contributed by atoms with Gasteiger partial charge in [0.05, 0.1) is 6.04 Å². The van der Waals surface area contributed by atoms with Crippen LogP contribution in [0.25, 0.3) is 0 Å².